The van der Waals surface area contributed by atoms with Crippen LogP contribution in [0, 0.1) is 0 Å². The molecule has 1 N–H and O–H groups in total. The Balaban J connectivity index is 1.81. The third-order valence-corrected chi connectivity index (χ3v) is 5.61. The fraction of sp³-hybridized carbons (Fsp3) is 0.179. The zero-order valence-corrected chi connectivity index (χ0v) is 18.9. The Bertz CT molecular complexity index is 1300. The maximum atomic E-state index is 13.5. The lowest BCUT2D eigenvalue weighted by atomic mass is 9.95. The van der Waals surface area contributed by atoms with Crippen molar-refractivity contribution in [2.24, 2.45) is 7.05 Å². The van der Waals surface area contributed by atoms with E-state index in [-0.39, 0.29) is 5.56 Å². The first-order valence-corrected chi connectivity index (χ1v) is 11.2. The van der Waals surface area contributed by atoms with Crippen LogP contribution in [0.3, 0.4) is 0 Å². The monoisotopic (exact) mass is 437 g/mol. The van der Waals surface area contributed by atoms with Gasteiger partial charge in [0.1, 0.15) is 5.56 Å². The number of nitrogens with zero attached hydrogens (tertiary/aromatic N) is 2. The van der Waals surface area contributed by atoms with Crippen LogP contribution in [0.4, 0.5) is 5.69 Å². The standard InChI is InChI=1S/C28H27N3O2/c1-3-4-11-20-16-18-23(19-17-20)29-27(32)25-24(21-12-7-5-8-13-21)26(30-31(2)28(25)33)22-14-9-6-10-15-22/h5-10,12-19H,3-4,11H2,1-2H3,(H,29,32). The minimum absolute atomic E-state index is 0.0765. The lowest BCUT2D eigenvalue weighted by Gasteiger charge is -2.16. The Morgan fingerprint density at radius 2 is 1.48 bits per heavy atom. The second kappa shape index (κ2) is 10.1. The van der Waals surface area contributed by atoms with Crippen LogP contribution in [0.1, 0.15) is 35.7 Å². The molecule has 166 valence electrons. The number of amides is 1. The van der Waals surface area contributed by atoms with Crippen molar-refractivity contribution in [3.8, 4) is 22.4 Å². The van der Waals surface area contributed by atoms with Crippen LogP contribution in [0.2, 0.25) is 0 Å². The highest BCUT2D eigenvalue weighted by Gasteiger charge is 2.24. The second-order valence-corrected chi connectivity index (χ2v) is 8.01. The topological polar surface area (TPSA) is 64.0 Å². The van der Waals surface area contributed by atoms with E-state index in [1.165, 1.54) is 10.2 Å². The summed E-state index contributed by atoms with van der Waals surface area (Å²) in [6.07, 6.45) is 3.27. The SMILES string of the molecule is CCCCc1ccc(NC(=O)c2c(-c3ccccc3)c(-c3ccccc3)nn(C)c2=O)cc1. The molecule has 0 unspecified atom stereocenters. The van der Waals surface area contributed by atoms with Gasteiger partial charge in [0.25, 0.3) is 11.5 Å². The summed E-state index contributed by atoms with van der Waals surface area (Å²) in [5.41, 5.74) is 4.23. The van der Waals surface area contributed by atoms with Crippen molar-refractivity contribution < 1.29 is 4.79 Å². The summed E-state index contributed by atoms with van der Waals surface area (Å²) in [7, 11) is 1.57. The molecule has 1 amide bonds. The minimum atomic E-state index is -0.449. The van der Waals surface area contributed by atoms with Crippen LogP contribution >= 0.6 is 0 Å². The molecule has 0 bridgehead atoms. The van der Waals surface area contributed by atoms with Gasteiger partial charge in [0, 0.05) is 23.9 Å². The van der Waals surface area contributed by atoms with E-state index >= 15 is 0 Å². The van der Waals surface area contributed by atoms with Crippen molar-refractivity contribution in [1.82, 2.24) is 9.78 Å². The highest BCUT2D eigenvalue weighted by Crippen LogP contribution is 2.32. The molecule has 4 rings (SSSR count). The molecule has 1 aromatic heterocycles. The van der Waals surface area contributed by atoms with Gasteiger partial charge in [0.05, 0.1) is 5.69 Å². The molecule has 0 aliphatic heterocycles. The van der Waals surface area contributed by atoms with Crippen LogP contribution in [0.25, 0.3) is 22.4 Å². The smallest absolute Gasteiger partial charge is 0.280 e. The molecule has 4 aromatic rings. The molecule has 0 fully saturated rings. The molecular weight excluding hydrogens is 410 g/mol. The van der Waals surface area contributed by atoms with Crippen molar-refractivity contribution in [3.63, 3.8) is 0 Å². The molecule has 0 spiro atoms. The van der Waals surface area contributed by atoms with E-state index in [2.05, 4.69) is 17.3 Å². The molecule has 0 radical (unpaired) electrons. The number of nitrogens with one attached hydrogen (secondary N) is 1. The normalized spacial score (nSPS) is 10.7. The largest absolute Gasteiger partial charge is 0.322 e. The zero-order chi connectivity index (χ0) is 23.2. The average Bonchev–Trinajstić information content (AvgIpc) is 2.86. The molecule has 0 aliphatic rings. The first-order valence-electron chi connectivity index (χ1n) is 11.2. The second-order valence-electron chi connectivity index (χ2n) is 8.01. The quantitative estimate of drug-likeness (QED) is 0.403. The maximum absolute atomic E-state index is 13.5. The number of carbonyl (C=O) groups excluding carboxylic acids is 1. The molecule has 5 nitrogen and oxygen atoms in total. The third kappa shape index (κ3) is 4.93. The van der Waals surface area contributed by atoms with Crippen LogP contribution in [-0.2, 0) is 13.5 Å². The molecular formula is C28H27N3O2. The van der Waals surface area contributed by atoms with Crippen molar-refractivity contribution in [2.75, 3.05) is 5.32 Å². The first kappa shape index (κ1) is 22.2. The molecule has 33 heavy (non-hydrogen) atoms. The van der Waals surface area contributed by atoms with E-state index in [4.69, 9.17) is 0 Å². The summed E-state index contributed by atoms with van der Waals surface area (Å²) >= 11 is 0. The van der Waals surface area contributed by atoms with Gasteiger partial charge in [-0.15, -0.1) is 0 Å². The number of unbranched alkanes of at least 4 members (excludes halogenated alkanes) is 1. The molecule has 0 atom stereocenters. The number of aryl methyl sites for hydroxylation is 2. The van der Waals surface area contributed by atoms with Crippen LogP contribution in [-0.4, -0.2) is 15.7 Å². The molecule has 0 saturated heterocycles. The van der Waals surface area contributed by atoms with E-state index in [1.807, 2.05) is 84.9 Å². The number of carbonyl (C=O) groups is 1. The fourth-order valence-electron chi connectivity index (χ4n) is 3.86. The third-order valence-electron chi connectivity index (χ3n) is 5.61. The van der Waals surface area contributed by atoms with Crippen LogP contribution in [0.5, 0.6) is 0 Å². The molecule has 3 aromatic carbocycles. The average molecular weight is 438 g/mol. The van der Waals surface area contributed by atoms with Crippen molar-refractivity contribution >= 4 is 11.6 Å². The van der Waals surface area contributed by atoms with Crippen LogP contribution < -0.4 is 10.9 Å². The van der Waals surface area contributed by atoms with Gasteiger partial charge in [-0.25, -0.2) is 4.68 Å². The van der Waals surface area contributed by atoms with Gasteiger partial charge in [0.2, 0.25) is 0 Å². The molecule has 0 saturated carbocycles. The molecule has 5 heteroatoms. The number of benzene rings is 3. The summed E-state index contributed by atoms with van der Waals surface area (Å²) in [5, 5.41) is 7.45. The van der Waals surface area contributed by atoms with E-state index in [1.54, 1.807) is 7.05 Å². The lowest BCUT2D eigenvalue weighted by molar-refractivity contribution is 0.102. The van der Waals surface area contributed by atoms with E-state index in [0.29, 0.717) is 16.9 Å². The number of anilines is 1. The summed E-state index contributed by atoms with van der Waals surface area (Å²) in [5.74, 6) is -0.449. The highest BCUT2D eigenvalue weighted by atomic mass is 16.2. The lowest BCUT2D eigenvalue weighted by Crippen LogP contribution is -2.31. The van der Waals surface area contributed by atoms with Gasteiger partial charge < -0.3 is 5.32 Å². The Hall–Kier alpha value is -3.99. The Kier molecular flexibility index (Phi) is 6.79. The van der Waals surface area contributed by atoms with Gasteiger partial charge in [-0.05, 0) is 36.1 Å². The van der Waals surface area contributed by atoms with Gasteiger partial charge in [-0.3, -0.25) is 9.59 Å². The Labute approximate surface area is 193 Å². The minimum Gasteiger partial charge on any atom is -0.322 e. The van der Waals surface area contributed by atoms with E-state index < -0.39 is 11.5 Å². The number of hydrogen-bond donors (Lipinski definition) is 1. The highest BCUT2D eigenvalue weighted by molar-refractivity contribution is 6.10. The van der Waals surface area contributed by atoms with Gasteiger partial charge in [-0.1, -0.05) is 86.1 Å². The van der Waals surface area contributed by atoms with Gasteiger partial charge >= 0.3 is 0 Å². The Morgan fingerprint density at radius 1 is 0.879 bits per heavy atom. The molecule has 0 aliphatic carbocycles. The van der Waals surface area contributed by atoms with Gasteiger partial charge in [0.15, 0.2) is 0 Å². The fourth-order valence-corrected chi connectivity index (χ4v) is 3.86. The van der Waals surface area contributed by atoms with Crippen molar-refractivity contribution in [2.45, 2.75) is 26.2 Å². The number of aromatic nitrogens is 2. The Morgan fingerprint density at radius 3 is 2.09 bits per heavy atom. The summed E-state index contributed by atoms with van der Waals surface area (Å²) in [6.45, 7) is 2.16. The van der Waals surface area contributed by atoms with E-state index in [9.17, 15) is 9.59 Å². The van der Waals surface area contributed by atoms with E-state index in [0.717, 1.165) is 30.4 Å². The summed E-state index contributed by atoms with van der Waals surface area (Å²) < 4.78 is 1.23. The first-order chi connectivity index (χ1) is 16.1. The predicted octanol–water partition coefficient (Wildman–Crippen LogP) is 5.71. The summed E-state index contributed by atoms with van der Waals surface area (Å²) in [4.78, 5) is 26.7. The predicted molar refractivity (Wildman–Crippen MR) is 133 cm³/mol. The van der Waals surface area contributed by atoms with Gasteiger partial charge in [-0.2, -0.15) is 5.10 Å². The number of hydrogen-bond acceptors (Lipinski definition) is 3. The van der Waals surface area contributed by atoms with Crippen molar-refractivity contribution in [1.29, 1.82) is 0 Å². The summed E-state index contributed by atoms with van der Waals surface area (Å²) in [6, 6.07) is 26.9. The van der Waals surface area contributed by atoms with Crippen molar-refractivity contribution in [3.05, 3.63) is 106 Å². The zero-order valence-electron chi connectivity index (χ0n) is 18.9. The number of rotatable bonds is 7. The maximum Gasteiger partial charge on any atom is 0.280 e. The molecule has 1 heterocycles. The van der Waals surface area contributed by atoms with Crippen LogP contribution in [0.15, 0.2) is 89.7 Å².